The van der Waals surface area contributed by atoms with E-state index in [1.165, 1.54) is 22.5 Å². The van der Waals surface area contributed by atoms with Gasteiger partial charge in [0.25, 0.3) is 0 Å². The van der Waals surface area contributed by atoms with Gasteiger partial charge in [0.15, 0.2) is 0 Å². The third-order valence-corrected chi connectivity index (χ3v) is 3.09. The summed E-state index contributed by atoms with van der Waals surface area (Å²) in [6.07, 6.45) is 1.05. The fourth-order valence-electron chi connectivity index (χ4n) is 2.31. The molecule has 0 radical (unpaired) electrons. The Morgan fingerprint density at radius 3 is 1.22 bits per heavy atom. The monoisotopic (exact) mass is 315 g/mol. The highest BCUT2D eigenvalue weighted by atomic mass is 15.1. The number of anilines is 2. The highest BCUT2D eigenvalue weighted by molar-refractivity contribution is 5.73. The highest BCUT2D eigenvalue weighted by Crippen LogP contribution is 2.36. The number of benzene rings is 2. The molecule has 1 heterocycles. The molecule has 1 heteroatoms. The molecule has 1 nitrogen and oxygen atoms in total. The van der Waals surface area contributed by atoms with Crippen molar-refractivity contribution in [2.75, 3.05) is 11.9 Å². The number of hydrogen-bond donors (Lipinski definition) is 0. The molecule has 130 valence electrons. The molecule has 2 aromatic carbocycles. The maximum atomic E-state index is 2.27. The van der Waals surface area contributed by atoms with Crippen molar-refractivity contribution in [3.63, 3.8) is 0 Å². The Morgan fingerprint density at radius 2 is 0.870 bits per heavy atom. The zero-order valence-electron chi connectivity index (χ0n) is 16.8. The molecule has 3 rings (SSSR count). The lowest BCUT2D eigenvalue weighted by Crippen LogP contribution is -2.18. The van der Waals surface area contributed by atoms with Crippen molar-refractivity contribution in [2.45, 2.75) is 61.8 Å². The van der Waals surface area contributed by atoms with Crippen LogP contribution in [-0.2, 0) is 6.42 Å². The highest BCUT2D eigenvalue weighted by Gasteiger charge is 2.17. The minimum atomic E-state index is 1.05. The Morgan fingerprint density at radius 1 is 0.565 bits per heavy atom. The lowest BCUT2D eigenvalue weighted by molar-refractivity contribution is 1.06. The summed E-state index contributed by atoms with van der Waals surface area (Å²) < 4.78 is 0. The van der Waals surface area contributed by atoms with E-state index < -0.39 is 0 Å². The Bertz CT molecular complexity index is 457. The Balaban J connectivity index is 0. The lowest BCUT2D eigenvalue weighted by atomic mass is 9.96. The first-order valence-corrected chi connectivity index (χ1v) is 9.26. The molecule has 0 atom stereocenters. The average Bonchev–Trinajstić information content (AvgIpc) is 2.68. The van der Waals surface area contributed by atoms with Crippen molar-refractivity contribution in [3.8, 4) is 0 Å². The smallest absolute Gasteiger partial charge is 0.0444 e. The molecular formula is C22H37N. The molecule has 0 aliphatic carbocycles. The molecule has 0 unspecified atom stereocenters. The van der Waals surface area contributed by atoms with E-state index in [-0.39, 0.29) is 0 Å². The van der Waals surface area contributed by atoms with E-state index in [2.05, 4.69) is 60.5 Å². The molecule has 0 N–H and O–H groups in total. The van der Waals surface area contributed by atoms with Crippen LogP contribution in [0.1, 0.15) is 66.5 Å². The number of fused-ring (bicyclic) bond motifs is 2. The predicted octanol–water partition coefficient (Wildman–Crippen LogP) is 7.46. The van der Waals surface area contributed by atoms with E-state index in [0.29, 0.717) is 0 Å². The van der Waals surface area contributed by atoms with Crippen LogP contribution < -0.4 is 4.90 Å². The first kappa shape index (κ1) is 23.5. The van der Waals surface area contributed by atoms with Crippen LogP contribution in [0.3, 0.4) is 0 Å². The van der Waals surface area contributed by atoms with Crippen molar-refractivity contribution in [1.29, 1.82) is 0 Å². The van der Waals surface area contributed by atoms with Gasteiger partial charge in [-0.3, -0.25) is 0 Å². The van der Waals surface area contributed by atoms with Gasteiger partial charge in [-0.25, -0.2) is 0 Å². The van der Waals surface area contributed by atoms with Crippen LogP contribution in [0.2, 0.25) is 0 Å². The lowest BCUT2D eigenvalue weighted by Gasteiger charge is -2.29. The molecule has 0 saturated heterocycles. The van der Waals surface area contributed by atoms with Crippen molar-refractivity contribution < 1.29 is 0 Å². The summed E-state index contributed by atoms with van der Waals surface area (Å²) in [4.78, 5) is 2.27. The van der Waals surface area contributed by atoms with E-state index in [1.807, 2.05) is 55.4 Å². The number of hydrogen-bond acceptors (Lipinski definition) is 1. The van der Waals surface area contributed by atoms with Crippen LogP contribution in [0.5, 0.6) is 0 Å². The van der Waals surface area contributed by atoms with Gasteiger partial charge in [0.1, 0.15) is 0 Å². The van der Waals surface area contributed by atoms with Gasteiger partial charge in [-0.2, -0.15) is 0 Å². The van der Waals surface area contributed by atoms with E-state index >= 15 is 0 Å². The first-order chi connectivity index (χ1) is 11.4. The molecule has 0 fully saturated rings. The normalized spacial score (nSPS) is 9.70. The van der Waals surface area contributed by atoms with Crippen LogP contribution in [0, 0.1) is 0 Å². The number of para-hydroxylation sites is 2. The minimum absolute atomic E-state index is 1.05. The van der Waals surface area contributed by atoms with Gasteiger partial charge in [-0.05, 0) is 23.3 Å². The third kappa shape index (κ3) is 6.48. The quantitative estimate of drug-likeness (QED) is 0.487. The maximum Gasteiger partial charge on any atom is 0.0444 e. The Hall–Kier alpha value is -1.76. The standard InChI is InChI=1S/C14H13N.4C2H6/c1-15-13-8-4-2-6-11(13)10-12-7-3-5-9-14(12)15;4*1-2/h2-9H,10H2,1H3;4*1-2H3. The zero-order chi connectivity index (χ0) is 18.3. The maximum absolute atomic E-state index is 2.27. The molecule has 2 aromatic rings. The molecule has 0 amide bonds. The van der Waals surface area contributed by atoms with Gasteiger partial charge in [-0.15, -0.1) is 0 Å². The van der Waals surface area contributed by atoms with Gasteiger partial charge in [0.2, 0.25) is 0 Å². The topological polar surface area (TPSA) is 3.24 Å². The summed E-state index contributed by atoms with van der Waals surface area (Å²) in [7, 11) is 2.14. The van der Waals surface area contributed by atoms with E-state index in [4.69, 9.17) is 0 Å². The second-order valence-electron chi connectivity index (χ2n) is 3.99. The summed E-state index contributed by atoms with van der Waals surface area (Å²) in [6, 6.07) is 17.2. The summed E-state index contributed by atoms with van der Waals surface area (Å²) in [5.41, 5.74) is 5.49. The molecule has 1 aliphatic heterocycles. The molecule has 23 heavy (non-hydrogen) atoms. The molecule has 0 spiro atoms. The Labute approximate surface area is 145 Å². The second kappa shape index (κ2) is 15.1. The zero-order valence-corrected chi connectivity index (χ0v) is 16.8. The summed E-state index contributed by atoms with van der Waals surface area (Å²) in [5, 5.41) is 0. The molecule has 0 saturated carbocycles. The second-order valence-corrected chi connectivity index (χ2v) is 3.99. The SMILES string of the molecule is CC.CC.CC.CC.CN1c2ccccc2Cc2ccccc21. The predicted molar refractivity (Wildman–Crippen MR) is 109 cm³/mol. The van der Waals surface area contributed by atoms with Crippen LogP contribution in [0.25, 0.3) is 0 Å². The van der Waals surface area contributed by atoms with Crippen LogP contribution in [0.4, 0.5) is 11.4 Å². The average molecular weight is 316 g/mol. The fourth-order valence-corrected chi connectivity index (χ4v) is 2.31. The molecular weight excluding hydrogens is 278 g/mol. The van der Waals surface area contributed by atoms with Gasteiger partial charge >= 0.3 is 0 Å². The van der Waals surface area contributed by atoms with Crippen molar-refractivity contribution in [2.24, 2.45) is 0 Å². The largest absolute Gasteiger partial charge is 0.344 e. The molecule has 0 aromatic heterocycles. The summed E-state index contributed by atoms with van der Waals surface area (Å²) in [5.74, 6) is 0. The van der Waals surface area contributed by atoms with Gasteiger partial charge < -0.3 is 4.90 Å². The van der Waals surface area contributed by atoms with Crippen molar-refractivity contribution >= 4 is 11.4 Å². The van der Waals surface area contributed by atoms with Crippen LogP contribution in [0.15, 0.2) is 48.5 Å². The minimum Gasteiger partial charge on any atom is -0.344 e. The van der Waals surface area contributed by atoms with Gasteiger partial charge in [0, 0.05) is 24.8 Å². The Kier molecular flexibility index (Phi) is 15.5. The van der Waals surface area contributed by atoms with E-state index in [9.17, 15) is 0 Å². The van der Waals surface area contributed by atoms with E-state index in [1.54, 1.807) is 0 Å². The fraction of sp³-hybridized carbons (Fsp3) is 0.455. The van der Waals surface area contributed by atoms with Gasteiger partial charge in [-0.1, -0.05) is 91.8 Å². The molecule has 0 bridgehead atoms. The number of rotatable bonds is 0. The van der Waals surface area contributed by atoms with Crippen LogP contribution in [-0.4, -0.2) is 7.05 Å². The summed E-state index contributed by atoms with van der Waals surface area (Å²) in [6.45, 7) is 16.0. The number of nitrogens with zero attached hydrogens (tertiary/aromatic N) is 1. The summed E-state index contributed by atoms with van der Waals surface area (Å²) >= 11 is 0. The van der Waals surface area contributed by atoms with Crippen molar-refractivity contribution in [1.82, 2.24) is 0 Å². The molecule has 1 aliphatic rings. The van der Waals surface area contributed by atoms with Crippen molar-refractivity contribution in [3.05, 3.63) is 59.7 Å². The first-order valence-electron chi connectivity index (χ1n) is 9.26. The third-order valence-electron chi connectivity index (χ3n) is 3.09. The van der Waals surface area contributed by atoms with Crippen LogP contribution >= 0.6 is 0 Å². The van der Waals surface area contributed by atoms with E-state index in [0.717, 1.165) is 6.42 Å². The van der Waals surface area contributed by atoms with Gasteiger partial charge in [0.05, 0.1) is 0 Å².